The quantitative estimate of drug-likeness (QED) is 0.626. The number of phenols is 2. The normalized spacial score (nSPS) is 12.6. The minimum Gasteiger partial charge on any atom is -0.508 e. The molecule has 130 valence electrons. The third-order valence-electron chi connectivity index (χ3n) is 4.33. The van der Waals surface area contributed by atoms with Crippen LogP contribution in [0.15, 0.2) is 48.5 Å². The van der Waals surface area contributed by atoms with Crippen LogP contribution in [0, 0.1) is 11.3 Å². The predicted molar refractivity (Wildman–Crippen MR) is 101 cm³/mol. The number of rotatable bonds is 6. The topological polar surface area (TPSA) is 40.5 Å². The van der Waals surface area contributed by atoms with Crippen LogP contribution in [0.1, 0.15) is 51.7 Å². The summed E-state index contributed by atoms with van der Waals surface area (Å²) in [6.45, 7) is 8.92. The predicted octanol–water partition coefficient (Wildman–Crippen LogP) is 6.04. The van der Waals surface area contributed by atoms with Crippen molar-refractivity contribution >= 4 is 11.6 Å². The summed E-state index contributed by atoms with van der Waals surface area (Å²) in [5.41, 5.74) is 1.94. The van der Waals surface area contributed by atoms with Crippen molar-refractivity contribution in [3.63, 3.8) is 0 Å². The van der Waals surface area contributed by atoms with Crippen molar-refractivity contribution in [2.24, 2.45) is 11.3 Å². The maximum absolute atomic E-state index is 9.60. The summed E-state index contributed by atoms with van der Waals surface area (Å²) in [6, 6.07) is 14.2. The fraction of sp³-hybridized carbons (Fsp3) is 0.429. The molecule has 0 fully saturated rings. The highest BCUT2D eigenvalue weighted by molar-refractivity contribution is 6.26. The van der Waals surface area contributed by atoms with Crippen LogP contribution in [0.5, 0.6) is 11.5 Å². The molecule has 0 bridgehead atoms. The summed E-state index contributed by atoms with van der Waals surface area (Å²) in [5, 5.41) is 19.2. The summed E-state index contributed by atoms with van der Waals surface area (Å²) < 4.78 is 0. The van der Waals surface area contributed by atoms with E-state index in [9.17, 15) is 10.2 Å². The smallest absolute Gasteiger partial charge is 0.115 e. The van der Waals surface area contributed by atoms with E-state index in [1.165, 1.54) is 0 Å². The van der Waals surface area contributed by atoms with Crippen molar-refractivity contribution < 1.29 is 10.2 Å². The lowest BCUT2D eigenvalue weighted by atomic mass is 9.72. The highest BCUT2D eigenvalue weighted by Gasteiger charge is 2.38. The first-order chi connectivity index (χ1) is 11.1. The van der Waals surface area contributed by atoms with Crippen LogP contribution in [0.4, 0.5) is 0 Å². The molecular weight excluding hydrogens is 320 g/mol. The summed E-state index contributed by atoms with van der Waals surface area (Å²) in [4.78, 5) is -0.709. The molecule has 2 rings (SSSR count). The molecule has 2 N–H and O–H groups in total. The minimum atomic E-state index is -0.709. The summed E-state index contributed by atoms with van der Waals surface area (Å²) in [7, 11) is 0. The Hall–Kier alpha value is -1.67. The molecule has 0 aliphatic heterocycles. The maximum Gasteiger partial charge on any atom is 0.115 e. The molecule has 0 aliphatic carbocycles. The second-order valence-electron chi connectivity index (χ2n) is 7.83. The molecule has 0 saturated heterocycles. The van der Waals surface area contributed by atoms with Gasteiger partial charge in [-0.05, 0) is 59.6 Å². The second-order valence-corrected chi connectivity index (χ2v) is 8.48. The van der Waals surface area contributed by atoms with Gasteiger partial charge in [0, 0.05) is 0 Å². The van der Waals surface area contributed by atoms with Crippen LogP contribution < -0.4 is 0 Å². The monoisotopic (exact) mass is 346 g/mol. The minimum absolute atomic E-state index is 0.0473. The van der Waals surface area contributed by atoms with Gasteiger partial charge >= 0.3 is 0 Å². The molecule has 0 radical (unpaired) electrons. The molecule has 0 spiro atoms. The average molecular weight is 347 g/mol. The summed E-state index contributed by atoms with van der Waals surface area (Å²) >= 11 is 7.20. The van der Waals surface area contributed by atoms with Crippen LogP contribution in [0.25, 0.3) is 0 Å². The Balaban J connectivity index is 2.48. The van der Waals surface area contributed by atoms with Crippen LogP contribution in [0.3, 0.4) is 0 Å². The fourth-order valence-electron chi connectivity index (χ4n) is 3.66. The molecule has 0 atom stereocenters. The van der Waals surface area contributed by atoms with Crippen LogP contribution in [-0.2, 0) is 4.87 Å². The largest absolute Gasteiger partial charge is 0.508 e. The molecule has 0 aliphatic rings. The highest BCUT2D eigenvalue weighted by atomic mass is 35.5. The fourth-order valence-corrected chi connectivity index (χ4v) is 4.27. The first kappa shape index (κ1) is 18.7. The van der Waals surface area contributed by atoms with E-state index in [1.807, 2.05) is 24.3 Å². The number of phenolic OH excluding ortho intramolecular Hbond substituents is 2. The Morgan fingerprint density at radius 1 is 0.833 bits per heavy atom. The molecule has 0 unspecified atom stereocenters. The van der Waals surface area contributed by atoms with Gasteiger partial charge in [0.15, 0.2) is 0 Å². The number of hydrogen-bond acceptors (Lipinski definition) is 2. The standard InChI is InChI=1S/C21H27ClO2/c1-15(2)13-20(3,4)14-21(22,16-5-9-18(23)10-6-16)17-7-11-19(24)12-8-17/h5-12,15,23-24H,13-14H2,1-4H3. The second kappa shape index (κ2) is 7.06. The molecule has 0 saturated carbocycles. The Morgan fingerprint density at radius 2 is 1.21 bits per heavy atom. The third kappa shape index (κ3) is 4.45. The molecule has 0 aromatic heterocycles. The van der Waals surface area contributed by atoms with E-state index in [2.05, 4.69) is 27.7 Å². The van der Waals surface area contributed by atoms with Crippen molar-refractivity contribution in [3.05, 3.63) is 59.7 Å². The van der Waals surface area contributed by atoms with E-state index < -0.39 is 4.87 Å². The Bertz CT molecular complexity index is 612. The summed E-state index contributed by atoms with van der Waals surface area (Å²) in [5.74, 6) is 1.04. The number of alkyl halides is 1. The van der Waals surface area contributed by atoms with Gasteiger partial charge in [-0.2, -0.15) is 0 Å². The lowest BCUT2D eigenvalue weighted by Gasteiger charge is -2.37. The van der Waals surface area contributed by atoms with E-state index in [-0.39, 0.29) is 16.9 Å². The summed E-state index contributed by atoms with van der Waals surface area (Å²) in [6.07, 6.45) is 1.83. The average Bonchev–Trinajstić information content (AvgIpc) is 2.46. The zero-order valence-corrected chi connectivity index (χ0v) is 15.6. The molecular formula is C21H27ClO2. The molecule has 2 nitrogen and oxygen atoms in total. The van der Waals surface area contributed by atoms with E-state index in [0.717, 1.165) is 24.0 Å². The Labute approximate surface area is 150 Å². The van der Waals surface area contributed by atoms with E-state index in [0.29, 0.717) is 5.92 Å². The van der Waals surface area contributed by atoms with E-state index in [1.54, 1.807) is 24.3 Å². The zero-order valence-electron chi connectivity index (χ0n) is 14.9. The SMILES string of the molecule is CC(C)CC(C)(C)CC(Cl)(c1ccc(O)cc1)c1ccc(O)cc1. The molecule has 0 amide bonds. The maximum atomic E-state index is 9.60. The lowest BCUT2D eigenvalue weighted by molar-refractivity contribution is 0.243. The van der Waals surface area contributed by atoms with Gasteiger partial charge in [-0.1, -0.05) is 52.0 Å². The molecule has 0 heterocycles. The van der Waals surface area contributed by atoms with Gasteiger partial charge in [-0.3, -0.25) is 0 Å². The number of halogens is 1. The number of hydrogen-bond donors (Lipinski definition) is 2. The van der Waals surface area contributed by atoms with Gasteiger partial charge in [-0.15, -0.1) is 11.6 Å². The van der Waals surface area contributed by atoms with Crippen molar-refractivity contribution in [2.75, 3.05) is 0 Å². The van der Waals surface area contributed by atoms with Gasteiger partial charge in [-0.25, -0.2) is 0 Å². The van der Waals surface area contributed by atoms with Crippen molar-refractivity contribution in [3.8, 4) is 11.5 Å². The van der Waals surface area contributed by atoms with Crippen molar-refractivity contribution in [1.29, 1.82) is 0 Å². The van der Waals surface area contributed by atoms with Gasteiger partial charge in [0.25, 0.3) is 0 Å². The highest BCUT2D eigenvalue weighted by Crippen LogP contribution is 2.48. The Kier molecular flexibility index (Phi) is 5.49. The zero-order chi connectivity index (χ0) is 18.0. The van der Waals surface area contributed by atoms with Crippen molar-refractivity contribution in [2.45, 2.75) is 45.4 Å². The van der Waals surface area contributed by atoms with Gasteiger partial charge in [0.05, 0.1) is 4.87 Å². The van der Waals surface area contributed by atoms with Gasteiger partial charge in [0.1, 0.15) is 11.5 Å². The molecule has 3 heteroatoms. The van der Waals surface area contributed by atoms with Crippen LogP contribution in [-0.4, -0.2) is 10.2 Å². The van der Waals surface area contributed by atoms with Crippen LogP contribution in [0.2, 0.25) is 0 Å². The Morgan fingerprint density at radius 3 is 1.54 bits per heavy atom. The van der Waals surface area contributed by atoms with Gasteiger partial charge < -0.3 is 10.2 Å². The number of aromatic hydroxyl groups is 2. The third-order valence-corrected chi connectivity index (χ3v) is 4.90. The van der Waals surface area contributed by atoms with E-state index in [4.69, 9.17) is 11.6 Å². The van der Waals surface area contributed by atoms with Crippen LogP contribution >= 0.6 is 11.6 Å². The molecule has 2 aromatic carbocycles. The molecule has 2 aromatic rings. The lowest BCUT2D eigenvalue weighted by Crippen LogP contribution is -2.29. The van der Waals surface area contributed by atoms with Crippen molar-refractivity contribution in [1.82, 2.24) is 0 Å². The first-order valence-electron chi connectivity index (χ1n) is 8.40. The number of benzene rings is 2. The van der Waals surface area contributed by atoms with Gasteiger partial charge in [0.2, 0.25) is 0 Å². The molecule has 24 heavy (non-hydrogen) atoms. The first-order valence-corrected chi connectivity index (χ1v) is 8.78. The van der Waals surface area contributed by atoms with E-state index >= 15 is 0 Å².